The predicted octanol–water partition coefficient (Wildman–Crippen LogP) is 1.27. The van der Waals surface area contributed by atoms with E-state index < -0.39 is 0 Å². The van der Waals surface area contributed by atoms with Crippen LogP contribution in [0.15, 0.2) is 18.3 Å². The number of pyridine rings is 1. The third kappa shape index (κ3) is 3.62. The van der Waals surface area contributed by atoms with Crippen molar-refractivity contribution in [1.82, 2.24) is 4.98 Å². The Balaban J connectivity index is 2.50. The number of aliphatic hydroxyl groups is 1. The number of nitrogens with one attached hydrogen (secondary N) is 1. The van der Waals surface area contributed by atoms with Gasteiger partial charge in [0.25, 0.3) is 0 Å². The van der Waals surface area contributed by atoms with Crippen molar-refractivity contribution in [3.05, 3.63) is 18.3 Å². The molecule has 14 heavy (non-hydrogen) atoms. The first-order valence-electron chi connectivity index (χ1n) is 4.68. The highest BCUT2D eigenvalue weighted by Crippen LogP contribution is 2.12. The van der Waals surface area contributed by atoms with Crippen molar-refractivity contribution in [2.75, 3.05) is 18.5 Å². The van der Waals surface area contributed by atoms with Crippen LogP contribution in [0.4, 0.5) is 5.69 Å². The molecule has 1 aromatic rings. The maximum atomic E-state index is 8.54. The molecule has 4 nitrogen and oxygen atoms in total. The zero-order valence-corrected chi connectivity index (χ0v) is 8.53. The normalized spacial score (nSPS) is 10.3. The summed E-state index contributed by atoms with van der Waals surface area (Å²) in [6.07, 6.45) is 1.71. The number of aliphatic hydroxyl groups excluding tert-OH is 1. The van der Waals surface area contributed by atoms with Crippen LogP contribution in [0.3, 0.4) is 0 Å². The molecule has 0 spiro atoms. The van der Waals surface area contributed by atoms with E-state index in [2.05, 4.69) is 24.1 Å². The largest absolute Gasteiger partial charge is 0.475 e. The van der Waals surface area contributed by atoms with Crippen LogP contribution in [0, 0.1) is 0 Å². The summed E-state index contributed by atoms with van der Waals surface area (Å²) in [5, 5.41) is 11.8. The van der Waals surface area contributed by atoms with Gasteiger partial charge in [-0.25, -0.2) is 4.98 Å². The minimum absolute atomic E-state index is 0.00761. The lowest BCUT2D eigenvalue weighted by atomic mass is 10.3. The van der Waals surface area contributed by atoms with Gasteiger partial charge in [-0.2, -0.15) is 0 Å². The van der Waals surface area contributed by atoms with Crippen molar-refractivity contribution in [1.29, 1.82) is 0 Å². The smallest absolute Gasteiger partial charge is 0.213 e. The summed E-state index contributed by atoms with van der Waals surface area (Å²) in [5.74, 6) is 0.536. The Morgan fingerprint density at radius 3 is 2.79 bits per heavy atom. The standard InChI is InChI=1S/C10H16N2O2/c1-8(2)12-9-3-4-10(11-7-9)14-6-5-13/h3-4,7-8,12-13H,5-6H2,1-2H3. The van der Waals surface area contributed by atoms with Crippen LogP contribution in [0.25, 0.3) is 0 Å². The minimum Gasteiger partial charge on any atom is -0.475 e. The molecule has 0 saturated heterocycles. The van der Waals surface area contributed by atoms with Crippen LogP contribution in [-0.2, 0) is 0 Å². The number of nitrogens with zero attached hydrogens (tertiary/aromatic N) is 1. The summed E-state index contributed by atoms with van der Waals surface area (Å²) < 4.78 is 5.13. The Hall–Kier alpha value is -1.29. The van der Waals surface area contributed by atoms with E-state index in [0.717, 1.165) is 5.69 Å². The zero-order chi connectivity index (χ0) is 10.4. The fourth-order valence-electron chi connectivity index (χ4n) is 1.03. The highest BCUT2D eigenvalue weighted by atomic mass is 16.5. The number of anilines is 1. The van der Waals surface area contributed by atoms with Crippen LogP contribution < -0.4 is 10.1 Å². The number of ether oxygens (including phenoxy) is 1. The van der Waals surface area contributed by atoms with Crippen LogP contribution in [0.2, 0.25) is 0 Å². The van der Waals surface area contributed by atoms with Gasteiger partial charge in [0.1, 0.15) is 6.61 Å². The molecule has 0 aromatic carbocycles. The lowest BCUT2D eigenvalue weighted by Gasteiger charge is -2.09. The molecule has 4 heteroatoms. The molecule has 0 aliphatic carbocycles. The predicted molar refractivity (Wildman–Crippen MR) is 55.6 cm³/mol. The third-order valence-electron chi connectivity index (χ3n) is 1.53. The van der Waals surface area contributed by atoms with E-state index in [0.29, 0.717) is 11.9 Å². The van der Waals surface area contributed by atoms with Crippen molar-refractivity contribution in [2.45, 2.75) is 19.9 Å². The number of rotatable bonds is 5. The topological polar surface area (TPSA) is 54.4 Å². The molecule has 0 bridgehead atoms. The van der Waals surface area contributed by atoms with Gasteiger partial charge in [-0.05, 0) is 19.9 Å². The lowest BCUT2D eigenvalue weighted by molar-refractivity contribution is 0.196. The van der Waals surface area contributed by atoms with Gasteiger partial charge in [-0.3, -0.25) is 0 Å². The fourth-order valence-corrected chi connectivity index (χ4v) is 1.03. The summed E-state index contributed by atoms with van der Waals surface area (Å²) in [5.41, 5.74) is 0.969. The van der Waals surface area contributed by atoms with E-state index in [1.54, 1.807) is 12.3 Å². The van der Waals surface area contributed by atoms with Gasteiger partial charge in [-0.15, -0.1) is 0 Å². The van der Waals surface area contributed by atoms with Gasteiger partial charge in [-0.1, -0.05) is 0 Å². The second kappa shape index (κ2) is 5.44. The molecular formula is C10H16N2O2. The quantitative estimate of drug-likeness (QED) is 0.744. The van der Waals surface area contributed by atoms with Gasteiger partial charge < -0.3 is 15.2 Å². The van der Waals surface area contributed by atoms with E-state index in [-0.39, 0.29) is 13.2 Å². The molecule has 0 aliphatic heterocycles. The highest BCUT2D eigenvalue weighted by Gasteiger charge is 1.97. The summed E-state index contributed by atoms with van der Waals surface area (Å²) in [6, 6.07) is 4.07. The minimum atomic E-state index is 0.00761. The number of aromatic nitrogens is 1. The van der Waals surface area contributed by atoms with Gasteiger partial charge >= 0.3 is 0 Å². The second-order valence-corrected chi connectivity index (χ2v) is 3.26. The molecule has 78 valence electrons. The Morgan fingerprint density at radius 1 is 1.50 bits per heavy atom. The average Bonchev–Trinajstić information content (AvgIpc) is 2.16. The summed E-state index contributed by atoms with van der Waals surface area (Å²) >= 11 is 0. The first-order chi connectivity index (χ1) is 6.72. The molecule has 0 fully saturated rings. The highest BCUT2D eigenvalue weighted by molar-refractivity contribution is 5.42. The molecular weight excluding hydrogens is 180 g/mol. The summed E-state index contributed by atoms with van der Waals surface area (Å²) in [7, 11) is 0. The maximum Gasteiger partial charge on any atom is 0.213 e. The molecule has 2 N–H and O–H groups in total. The van der Waals surface area contributed by atoms with E-state index in [1.807, 2.05) is 6.07 Å². The van der Waals surface area contributed by atoms with Crippen molar-refractivity contribution in [3.63, 3.8) is 0 Å². The summed E-state index contributed by atoms with van der Waals surface area (Å²) in [6.45, 7) is 4.42. The fraction of sp³-hybridized carbons (Fsp3) is 0.500. The Morgan fingerprint density at radius 2 is 2.29 bits per heavy atom. The monoisotopic (exact) mass is 196 g/mol. The van der Waals surface area contributed by atoms with Crippen LogP contribution >= 0.6 is 0 Å². The van der Waals surface area contributed by atoms with Gasteiger partial charge in [0.15, 0.2) is 0 Å². The van der Waals surface area contributed by atoms with Gasteiger partial charge in [0, 0.05) is 12.1 Å². The van der Waals surface area contributed by atoms with Crippen LogP contribution in [0.1, 0.15) is 13.8 Å². The van der Waals surface area contributed by atoms with E-state index >= 15 is 0 Å². The average molecular weight is 196 g/mol. The van der Waals surface area contributed by atoms with Crippen molar-refractivity contribution < 1.29 is 9.84 Å². The molecule has 1 rings (SSSR count). The van der Waals surface area contributed by atoms with Gasteiger partial charge in [0.2, 0.25) is 5.88 Å². The molecule has 0 amide bonds. The molecule has 0 unspecified atom stereocenters. The zero-order valence-electron chi connectivity index (χ0n) is 8.53. The Labute approximate surface area is 83.9 Å². The number of hydrogen-bond acceptors (Lipinski definition) is 4. The third-order valence-corrected chi connectivity index (χ3v) is 1.53. The first-order valence-corrected chi connectivity index (χ1v) is 4.68. The molecule has 0 aliphatic rings. The maximum absolute atomic E-state index is 8.54. The number of hydrogen-bond donors (Lipinski definition) is 2. The first kappa shape index (κ1) is 10.8. The second-order valence-electron chi connectivity index (χ2n) is 3.26. The lowest BCUT2D eigenvalue weighted by Crippen LogP contribution is -2.10. The Bertz CT molecular complexity index is 259. The van der Waals surface area contributed by atoms with Gasteiger partial charge in [0.05, 0.1) is 18.5 Å². The van der Waals surface area contributed by atoms with Crippen molar-refractivity contribution >= 4 is 5.69 Å². The van der Waals surface area contributed by atoms with Crippen LogP contribution in [0.5, 0.6) is 5.88 Å². The molecule has 0 atom stereocenters. The SMILES string of the molecule is CC(C)Nc1ccc(OCCO)nc1. The van der Waals surface area contributed by atoms with Crippen molar-refractivity contribution in [2.24, 2.45) is 0 Å². The molecule has 0 radical (unpaired) electrons. The van der Waals surface area contributed by atoms with E-state index in [9.17, 15) is 0 Å². The van der Waals surface area contributed by atoms with Crippen LogP contribution in [-0.4, -0.2) is 29.3 Å². The molecule has 1 aromatic heterocycles. The Kier molecular flexibility index (Phi) is 4.19. The van der Waals surface area contributed by atoms with Crippen molar-refractivity contribution in [3.8, 4) is 5.88 Å². The molecule has 0 saturated carbocycles. The van der Waals surface area contributed by atoms with E-state index in [4.69, 9.17) is 9.84 Å². The molecule has 1 heterocycles. The summed E-state index contributed by atoms with van der Waals surface area (Å²) in [4.78, 5) is 4.07. The van der Waals surface area contributed by atoms with E-state index in [1.165, 1.54) is 0 Å².